The van der Waals surface area contributed by atoms with Crippen molar-refractivity contribution in [3.05, 3.63) is 75.6 Å². The SMILES string of the molecule is CC(=O)O.CCOC(=O)c1sc(N2C(=O)C(=O)/C(=C(\O)c3ccc(OC)c(C)c3)C2c2cccnc2)nc1C. The lowest BCUT2D eigenvalue weighted by atomic mass is 9.96. The molecule has 1 aliphatic rings. The summed E-state index contributed by atoms with van der Waals surface area (Å²) in [7, 11) is 1.54. The molecule has 0 saturated carbocycles. The second kappa shape index (κ2) is 12.3. The number of carboxylic acid groups (broad SMARTS) is 1. The Labute approximate surface area is 228 Å². The minimum Gasteiger partial charge on any atom is -0.507 e. The van der Waals surface area contributed by atoms with Crippen molar-refractivity contribution < 1.29 is 38.9 Å². The fourth-order valence-electron chi connectivity index (χ4n) is 3.94. The van der Waals surface area contributed by atoms with Crippen molar-refractivity contribution in [2.45, 2.75) is 33.7 Å². The molecule has 12 heteroatoms. The number of nitrogens with zero attached hydrogens (tertiary/aromatic N) is 3. The Morgan fingerprint density at radius 2 is 1.85 bits per heavy atom. The number of esters is 1. The molecule has 11 nitrogen and oxygen atoms in total. The van der Waals surface area contributed by atoms with Gasteiger partial charge in [-0.3, -0.25) is 24.3 Å². The molecule has 0 spiro atoms. The normalized spacial score (nSPS) is 15.9. The molecule has 4 rings (SSSR count). The van der Waals surface area contributed by atoms with Crippen molar-refractivity contribution in [1.82, 2.24) is 9.97 Å². The van der Waals surface area contributed by atoms with Crippen LogP contribution >= 0.6 is 11.3 Å². The van der Waals surface area contributed by atoms with E-state index in [2.05, 4.69) is 9.97 Å². The zero-order chi connectivity index (χ0) is 28.9. The fraction of sp³-hybridized carbons (Fsp3) is 0.259. The number of pyridine rings is 1. The van der Waals surface area contributed by atoms with Gasteiger partial charge in [0.15, 0.2) is 5.13 Å². The Bertz CT molecular complexity index is 1440. The molecule has 3 aromatic rings. The summed E-state index contributed by atoms with van der Waals surface area (Å²) < 4.78 is 10.4. The highest BCUT2D eigenvalue weighted by Gasteiger charge is 2.48. The Balaban J connectivity index is 0.000000983. The van der Waals surface area contributed by atoms with Gasteiger partial charge >= 0.3 is 11.9 Å². The number of carbonyl (C=O) groups excluding carboxylic acids is 3. The lowest BCUT2D eigenvalue weighted by Crippen LogP contribution is -2.29. The summed E-state index contributed by atoms with van der Waals surface area (Å²) in [5.41, 5.74) is 1.89. The van der Waals surface area contributed by atoms with Crippen molar-refractivity contribution in [3.63, 3.8) is 0 Å². The number of ether oxygens (including phenoxy) is 2. The third-order valence-electron chi connectivity index (χ3n) is 5.57. The molecule has 1 atom stereocenters. The summed E-state index contributed by atoms with van der Waals surface area (Å²) >= 11 is 0.952. The number of benzene rings is 1. The number of carbonyl (C=O) groups is 4. The van der Waals surface area contributed by atoms with E-state index in [-0.39, 0.29) is 27.9 Å². The van der Waals surface area contributed by atoms with Crippen LogP contribution in [-0.2, 0) is 19.1 Å². The molecule has 2 aromatic heterocycles. The van der Waals surface area contributed by atoms with Crippen LogP contribution in [0, 0.1) is 13.8 Å². The van der Waals surface area contributed by atoms with E-state index in [1.165, 1.54) is 18.2 Å². The van der Waals surface area contributed by atoms with Gasteiger partial charge < -0.3 is 19.7 Å². The van der Waals surface area contributed by atoms with Crippen LogP contribution in [0.5, 0.6) is 5.75 Å². The Morgan fingerprint density at radius 1 is 1.15 bits per heavy atom. The van der Waals surface area contributed by atoms with Gasteiger partial charge in [0, 0.05) is 24.9 Å². The summed E-state index contributed by atoms with van der Waals surface area (Å²) in [5, 5.41) is 18.8. The Kier molecular flexibility index (Phi) is 9.15. The average Bonchev–Trinajstić information content (AvgIpc) is 3.40. The van der Waals surface area contributed by atoms with Gasteiger partial charge in [-0.2, -0.15) is 0 Å². The number of Topliss-reactive ketones (excluding diaryl/α,β-unsaturated/α-hetero) is 1. The highest BCUT2D eigenvalue weighted by molar-refractivity contribution is 7.17. The molecule has 39 heavy (non-hydrogen) atoms. The van der Waals surface area contributed by atoms with E-state index in [1.54, 1.807) is 50.4 Å². The summed E-state index contributed by atoms with van der Waals surface area (Å²) in [6.07, 6.45) is 3.08. The maximum Gasteiger partial charge on any atom is 0.350 e. The van der Waals surface area contributed by atoms with Crippen LogP contribution in [-0.4, -0.2) is 57.5 Å². The number of amides is 1. The standard InChI is InChI=1S/C25H23N3O6S.C2H4O2/c1-5-34-24(32)22-14(3)27-25(35-22)28-19(16-7-6-10-26-12-16)18(21(30)23(28)31)20(29)15-8-9-17(33-4)13(2)11-15;1-2(3)4/h6-12,19,29H,5H2,1-4H3;1H3,(H,3,4)/b20-18-;. The molecule has 0 aliphatic carbocycles. The van der Waals surface area contributed by atoms with E-state index in [9.17, 15) is 19.5 Å². The van der Waals surface area contributed by atoms with E-state index in [0.717, 1.165) is 23.8 Å². The van der Waals surface area contributed by atoms with Crippen molar-refractivity contribution in [1.29, 1.82) is 0 Å². The molecule has 204 valence electrons. The Hall–Kier alpha value is -4.58. The van der Waals surface area contributed by atoms with E-state index >= 15 is 0 Å². The maximum atomic E-state index is 13.3. The number of hydrogen-bond donors (Lipinski definition) is 2. The van der Waals surface area contributed by atoms with E-state index in [4.69, 9.17) is 19.4 Å². The number of aliphatic hydroxyl groups excluding tert-OH is 1. The summed E-state index contributed by atoms with van der Waals surface area (Å²) in [4.78, 5) is 57.8. The van der Waals surface area contributed by atoms with Crippen LogP contribution in [0.15, 0.2) is 48.3 Å². The average molecular weight is 554 g/mol. The number of methoxy groups -OCH3 is 1. The monoisotopic (exact) mass is 553 g/mol. The van der Waals surface area contributed by atoms with Crippen LogP contribution in [0.3, 0.4) is 0 Å². The predicted molar refractivity (Wildman–Crippen MR) is 143 cm³/mol. The first-order valence-electron chi connectivity index (χ1n) is 11.7. The van der Waals surface area contributed by atoms with Crippen LogP contribution in [0.25, 0.3) is 5.76 Å². The van der Waals surface area contributed by atoms with E-state index in [0.29, 0.717) is 22.6 Å². The second-order valence-corrected chi connectivity index (χ2v) is 9.27. The highest BCUT2D eigenvalue weighted by Crippen LogP contribution is 2.44. The third-order valence-corrected chi connectivity index (χ3v) is 6.70. The molecule has 0 radical (unpaired) electrons. The molecule has 1 aromatic carbocycles. The number of aliphatic carboxylic acids is 1. The first kappa shape index (κ1) is 29.0. The van der Waals surface area contributed by atoms with Crippen molar-refractivity contribution >= 4 is 45.9 Å². The topological polar surface area (TPSA) is 156 Å². The number of rotatable bonds is 6. The molecule has 1 unspecified atom stereocenters. The molecule has 1 saturated heterocycles. The third kappa shape index (κ3) is 6.12. The molecule has 0 bridgehead atoms. The number of hydrogen-bond acceptors (Lipinski definition) is 10. The molecule has 1 fully saturated rings. The van der Waals surface area contributed by atoms with Crippen molar-refractivity contribution in [2.24, 2.45) is 0 Å². The van der Waals surface area contributed by atoms with Gasteiger partial charge in [-0.1, -0.05) is 17.4 Å². The highest BCUT2D eigenvalue weighted by atomic mass is 32.1. The maximum absolute atomic E-state index is 13.3. The van der Waals surface area contributed by atoms with Gasteiger partial charge in [0.2, 0.25) is 0 Å². The zero-order valence-corrected chi connectivity index (χ0v) is 22.7. The minimum atomic E-state index is -0.994. The number of carboxylic acids is 1. The summed E-state index contributed by atoms with van der Waals surface area (Å²) in [6.45, 7) is 6.40. The molecule has 3 heterocycles. The number of aromatic nitrogens is 2. The second-order valence-electron chi connectivity index (χ2n) is 8.29. The number of aryl methyl sites for hydroxylation is 2. The van der Waals surface area contributed by atoms with Crippen molar-refractivity contribution in [3.8, 4) is 5.75 Å². The summed E-state index contributed by atoms with van der Waals surface area (Å²) in [5.74, 6) is -2.83. The van der Waals surface area contributed by atoms with Gasteiger partial charge in [0.1, 0.15) is 16.4 Å². The number of anilines is 1. The smallest absolute Gasteiger partial charge is 0.350 e. The van der Waals surface area contributed by atoms with E-state index < -0.39 is 29.7 Å². The quantitative estimate of drug-likeness (QED) is 0.197. The molecular formula is C27H27N3O8S. The number of aliphatic hydroxyl groups is 1. The molecule has 2 N–H and O–H groups in total. The fourth-order valence-corrected chi connectivity index (χ4v) is 4.92. The van der Waals surface area contributed by atoms with Gasteiger partial charge in [-0.15, -0.1) is 0 Å². The van der Waals surface area contributed by atoms with E-state index in [1.807, 2.05) is 6.92 Å². The number of ketones is 1. The number of thiazole rings is 1. The molecule has 1 amide bonds. The van der Waals surface area contributed by atoms with Crippen LogP contribution in [0.2, 0.25) is 0 Å². The van der Waals surface area contributed by atoms with Gasteiger partial charge in [0.25, 0.3) is 11.8 Å². The van der Waals surface area contributed by atoms with Gasteiger partial charge in [-0.25, -0.2) is 9.78 Å². The first-order chi connectivity index (χ1) is 18.5. The Morgan fingerprint density at radius 3 is 2.41 bits per heavy atom. The van der Waals surface area contributed by atoms with Crippen LogP contribution in [0.1, 0.15) is 51.9 Å². The van der Waals surface area contributed by atoms with Crippen molar-refractivity contribution in [2.75, 3.05) is 18.6 Å². The van der Waals surface area contributed by atoms with Crippen LogP contribution < -0.4 is 9.64 Å². The van der Waals surface area contributed by atoms with Gasteiger partial charge in [0.05, 0.1) is 31.0 Å². The minimum absolute atomic E-state index is 0.0990. The zero-order valence-electron chi connectivity index (χ0n) is 21.9. The largest absolute Gasteiger partial charge is 0.507 e. The van der Waals surface area contributed by atoms with Gasteiger partial charge in [-0.05, 0) is 56.2 Å². The molecular weight excluding hydrogens is 526 g/mol. The van der Waals surface area contributed by atoms with Crippen LogP contribution in [0.4, 0.5) is 5.13 Å². The lowest BCUT2D eigenvalue weighted by molar-refractivity contribution is -0.134. The first-order valence-corrected chi connectivity index (χ1v) is 12.5. The predicted octanol–water partition coefficient (Wildman–Crippen LogP) is 4.06. The summed E-state index contributed by atoms with van der Waals surface area (Å²) in [6, 6.07) is 7.34. The molecule has 1 aliphatic heterocycles. The lowest BCUT2D eigenvalue weighted by Gasteiger charge is -2.22.